The van der Waals surface area contributed by atoms with E-state index in [1.807, 2.05) is 23.2 Å². The summed E-state index contributed by atoms with van der Waals surface area (Å²) < 4.78 is 5.47. The van der Waals surface area contributed by atoms with E-state index in [0.29, 0.717) is 18.7 Å². The molecule has 3 aromatic rings. The minimum Gasteiger partial charge on any atom is -0.497 e. The Labute approximate surface area is 227 Å². The molecule has 2 aromatic heterocycles. The van der Waals surface area contributed by atoms with Crippen LogP contribution in [0, 0.1) is 0 Å². The van der Waals surface area contributed by atoms with Crippen molar-refractivity contribution in [2.45, 2.75) is 62.3 Å². The van der Waals surface area contributed by atoms with E-state index in [1.54, 1.807) is 13.3 Å². The Kier molecular flexibility index (Phi) is 4.81. The van der Waals surface area contributed by atoms with Gasteiger partial charge in [0.05, 0.1) is 30.2 Å². The predicted molar refractivity (Wildman–Crippen MR) is 145 cm³/mol. The van der Waals surface area contributed by atoms with Crippen LogP contribution in [0.15, 0.2) is 54.9 Å². The molecule has 5 aliphatic rings. The molecule has 8 nitrogen and oxygen atoms in total. The number of carbonyl (C=O) groups is 2. The number of fused-ring (bicyclic) bond motifs is 6. The Bertz CT molecular complexity index is 1590. The van der Waals surface area contributed by atoms with Gasteiger partial charge in [0.1, 0.15) is 5.75 Å². The molecule has 0 N–H and O–H groups in total. The standard InChI is InChI=1S/C31H31N5O3/c1-18(29(37)34-11-8-25-21(17-34)13-20-16-32-10-6-24(20)33-25)31-9-5-26-30(38)35-12-7-19-14-22(39-2)3-4-23(19)28(35)27(15-31)36(26)31/h3-4,6,10,13-14,16,26-28H,1,5,7-9,11-12,15,17H2,2H3. The molecule has 0 radical (unpaired) electrons. The summed E-state index contributed by atoms with van der Waals surface area (Å²) in [6.45, 7) is 6.31. The molecule has 4 unspecified atom stereocenters. The largest absolute Gasteiger partial charge is 0.497 e. The third-order valence-corrected chi connectivity index (χ3v) is 10.00. The monoisotopic (exact) mass is 521 g/mol. The Morgan fingerprint density at radius 3 is 2.92 bits per heavy atom. The number of pyridine rings is 2. The number of hydrogen-bond donors (Lipinski definition) is 0. The summed E-state index contributed by atoms with van der Waals surface area (Å²) in [4.78, 5) is 43.1. The number of nitrogens with zero attached hydrogens (tertiary/aromatic N) is 5. The molecular formula is C31H31N5O3. The number of piperazine rings is 1. The molecule has 3 fully saturated rings. The van der Waals surface area contributed by atoms with Crippen molar-refractivity contribution in [2.24, 2.45) is 0 Å². The molecule has 198 valence electrons. The van der Waals surface area contributed by atoms with E-state index in [0.717, 1.165) is 66.6 Å². The van der Waals surface area contributed by atoms with Gasteiger partial charge < -0.3 is 14.5 Å². The highest BCUT2D eigenvalue weighted by Crippen LogP contribution is 2.60. The topological polar surface area (TPSA) is 78.9 Å². The van der Waals surface area contributed by atoms with Crippen molar-refractivity contribution in [1.29, 1.82) is 0 Å². The summed E-state index contributed by atoms with van der Waals surface area (Å²) in [6.07, 6.45) is 7.61. The van der Waals surface area contributed by atoms with Crippen LogP contribution in [-0.2, 0) is 29.0 Å². The van der Waals surface area contributed by atoms with Gasteiger partial charge in [0.25, 0.3) is 5.91 Å². The molecular weight excluding hydrogens is 490 g/mol. The first kappa shape index (κ1) is 23.1. The lowest BCUT2D eigenvalue weighted by molar-refractivity contribution is -0.172. The fourth-order valence-electron chi connectivity index (χ4n) is 8.12. The lowest BCUT2D eigenvalue weighted by Gasteiger charge is -2.64. The molecule has 2 amide bonds. The van der Waals surface area contributed by atoms with Crippen LogP contribution in [0.5, 0.6) is 5.75 Å². The molecule has 3 saturated heterocycles. The quantitative estimate of drug-likeness (QED) is 0.493. The number of methoxy groups -OCH3 is 1. The number of benzene rings is 1. The molecule has 8 heteroatoms. The molecule has 0 spiro atoms. The lowest BCUT2D eigenvalue weighted by Crippen LogP contribution is -2.75. The summed E-state index contributed by atoms with van der Waals surface area (Å²) in [7, 11) is 1.69. The number of ether oxygens (including phenoxy) is 1. The van der Waals surface area contributed by atoms with Crippen LogP contribution in [0.4, 0.5) is 0 Å². The fourth-order valence-corrected chi connectivity index (χ4v) is 8.12. The number of amides is 2. The Balaban J connectivity index is 1.07. The third-order valence-electron chi connectivity index (χ3n) is 10.00. The minimum atomic E-state index is -0.427. The van der Waals surface area contributed by atoms with Crippen molar-refractivity contribution in [1.82, 2.24) is 24.7 Å². The maximum atomic E-state index is 14.0. The molecule has 39 heavy (non-hydrogen) atoms. The summed E-state index contributed by atoms with van der Waals surface area (Å²) in [6, 6.07) is 10.4. The van der Waals surface area contributed by atoms with Crippen LogP contribution < -0.4 is 4.74 Å². The minimum absolute atomic E-state index is 0.00897. The Morgan fingerprint density at radius 2 is 2.05 bits per heavy atom. The first-order chi connectivity index (χ1) is 19.0. The van der Waals surface area contributed by atoms with Gasteiger partial charge in [-0.3, -0.25) is 24.5 Å². The van der Waals surface area contributed by atoms with E-state index in [9.17, 15) is 9.59 Å². The molecule has 0 bridgehead atoms. The third kappa shape index (κ3) is 3.09. The summed E-state index contributed by atoms with van der Waals surface area (Å²) >= 11 is 0. The van der Waals surface area contributed by atoms with Crippen molar-refractivity contribution in [3.63, 3.8) is 0 Å². The molecule has 0 aliphatic carbocycles. The van der Waals surface area contributed by atoms with Crippen LogP contribution in [-0.4, -0.2) is 74.3 Å². The van der Waals surface area contributed by atoms with Crippen LogP contribution in [0.25, 0.3) is 10.9 Å². The van der Waals surface area contributed by atoms with Crippen LogP contribution in [0.2, 0.25) is 0 Å². The second-order valence-electron chi connectivity index (χ2n) is 11.7. The maximum absolute atomic E-state index is 14.0. The number of carbonyl (C=O) groups excluding carboxylic acids is 2. The van der Waals surface area contributed by atoms with E-state index in [2.05, 4.69) is 39.6 Å². The van der Waals surface area contributed by atoms with Gasteiger partial charge in [0.15, 0.2) is 0 Å². The molecule has 7 heterocycles. The lowest BCUT2D eigenvalue weighted by atomic mass is 9.68. The van der Waals surface area contributed by atoms with Gasteiger partial charge in [-0.2, -0.15) is 0 Å². The smallest absolute Gasteiger partial charge is 0.251 e. The summed E-state index contributed by atoms with van der Waals surface area (Å²) in [5.41, 5.74) is 5.77. The van der Waals surface area contributed by atoms with Gasteiger partial charge in [-0.15, -0.1) is 0 Å². The van der Waals surface area contributed by atoms with E-state index in [-0.39, 0.29) is 29.9 Å². The average Bonchev–Trinajstić information content (AvgIpc) is 3.29. The van der Waals surface area contributed by atoms with Crippen molar-refractivity contribution in [3.8, 4) is 5.75 Å². The summed E-state index contributed by atoms with van der Waals surface area (Å²) in [5.74, 6) is 1.07. The van der Waals surface area contributed by atoms with Gasteiger partial charge in [-0.25, -0.2) is 0 Å². The first-order valence-electron chi connectivity index (χ1n) is 14.0. The van der Waals surface area contributed by atoms with E-state index >= 15 is 0 Å². The van der Waals surface area contributed by atoms with E-state index in [4.69, 9.17) is 9.72 Å². The average molecular weight is 522 g/mol. The number of rotatable bonds is 3. The maximum Gasteiger partial charge on any atom is 0.251 e. The number of hydrogen-bond acceptors (Lipinski definition) is 6. The molecule has 1 aromatic carbocycles. The van der Waals surface area contributed by atoms with Gasteiger partial charge in [0.2, 0.25) is 5.91 Å². The normalized spacial score (nSPS) is 28.7. The predicted octanol–water partition coefficient (Wildman–Crippen LogP) is 3.19. The zero-order chi connectivity index (χ0) is 26.5. The fraction of sp³-hybridized carbons (Fsp3) is 0.419. The second-order valence-corrected chi connectivity index (χ2v) is 11.7. The molecule has 8 rings (SSSR count). The summed E-state index contributed by atoms with van der Waals surface area (Å²) in [5, 5.41) is 0.991. The molecule has 4 atom stereocenters. The molecule has 0 saturated carbocycles. The van der Waals surface area contributed by atoms with Crippen molar-refractivity contribution < 1.29 is 14.3 Å². The van der Waals surface area contributed by atoms with Gasteiger partial charge in [-0.05, 0) is 66.6 Å². The van der Waals surface area contributed by atoms with Gasteiger partial charge in [0, 0.05) is 61.1 Å². The zero-order valence-electron chi connectivity index (χ0n) is 22.1. The van der Waals surface area contributed by atoms with Crippen molar-refractivity contribution in [2.75, 3.05) is 20.2 Å². The van der Waals surface area contributed by atoms with Crippen LogP contribution in [0.1, 0.15) is 47.7 Å². The highest BCUT2D eigenvalue weighted by Gasteiger charge is 2.68. The molecule has 5 aliphatic heterocycles. The SMILES string of the molecule is C=C(C(=O)N1CCc2nc3ccncc3cc2C1)C12CCC3C(=O)N4CCc5cc(OC)ccc5C4C(C1)N32. The van der Waals surface area contributed by atoms with Crippen molar-refractivity contribution >= 4 is 22.7 Å². The van der Waals surface area contributed by atoms with Gasteiger partial charge >= 0.3 is 0 Å². The zero-order valence-corrected chi connectivity index (χ0v) is 22.1. The van der Waals surface area contributed by atoms with Crippen molar-refractivity contribution in [3.05, 3.63) is 77.3 Å². The first-order valence-corrected chi connectivity index (χ1v) is 14.0. The highest BCUT2D eigenvalue weighted by atomic mass is 16.5. The Hall–Kier alpha value is -3.78. The Morgan fingerprint density at radius 1 is 1.15 bits per heavy atom. The van der Waals surface area contributed by atoms with Crippen LogP contribution >= 0.6 is 0 Å². The second kappa shape index (κ2) is 8.11. The number of aromatic nitrogens is 2. The van der Waals surface area contributed by atoms with E-state index < -0.39 is 5.54 Å². The van der Waals surface area contributed by atoms with E-state index in [1.165, 1.54) is 11.1 Å². The van der Waals surface area contributed by atoms with Crippen LogP contribution in [0.3, 0.4) is 0 Å². The van der Waals surface area contributed by atoms with Gasteiger partial charge in [-0.1, -0.05) is 12.6 Å². The highest BCUT2D eigenvalue weighted by molar-refractivity contribution is 5.97.